The van der Waals surface area contributed by atoms with E-state index in [1.54, 1.807) is 0 Å². The molecule has 0 atom stereocenters. The molecule has 3 nitrogen and oxygen atoms in total. The third-order valence-electron chi connectivity index (χ3n) is 2.54. The molecule has 0 aliphatic carbocycles. The molecule has 3 heteroatoms. The third kappa shape index (κ3) is 2.49. The van der Waals surface area contributed by atoms with Crippen LogP contribution in [0.25, 0.3) is 10.9 Å². The highest BCUT2D eigenvalue weighted by Gasteiger charge is 1.97. The molecule has 1 heterocycles. The first kappa shape index (κ1) is 10.9. The molecule has 0 radical (unpaired) electrons. The summed E-state index contributed by atoms with van der Waals surface area (Å²) in [4.78, 5) is 4.47. The Kier molecular flexibility index (Phi) is 3.37. The quantitative estimate of drug-likeness (QED) is 0.769. The van der Waals surface area contributed by atoms with Crippen LogP contribution in [0.5, 0.6) is 0 Å². The second-order valence-electron chi connectivity index (χ2n) is 3.93. The van der Waals surface area contributed by atoms with Crippen LogP contribution in [-0.2, 0) is 0 Å². The Morgan fingerprint density at radius 2 is 2.12 bits per heavy atom. The predicted octanol–water partition coefficient (Wildman–Crippen LogP) is 2.30. The Morgan fingerprint density at radius 3 is 2.94 bits per heavy atom. The van der Waals surface area contributed by atoms with Crippen molar-refractivity contribution in [1.82, 2.24) is 4.98 Å². The van der Waals surface area contributed by atoms with Crippen molar-refractivity contribution in [2.24, 2.45) is 5.73 Å². The van der Waals surface area contributed by atoms with Crippen LogP contribution in [0.15, 0.2) is 30.3 Å². The zero-order valence-corrected chi connectivity index (χ0v) is 9.53. The van der Waals surface area contributed by atoms with Gasteiger partial charge in [-0.15, -0.1) is 0 Å². The molecule has 0 spiro atoms. The molecule has 3 N–H and O–H groups in total. The summed E-state index contributed by atoms with van der Waals surface area (Å²) < 4.78 is 0. The summed E-state index contributed by atoms with van der Waals surface area (Å²) in [7, 11) is 0. The molecule has 0 unspecified atom stereocenters. The molecule has 1 aromatic carbocycles. The van der Waals surface area contributed by atoms with Crippen molar-refractivity contribution in [3.63, 3.8) is 0 Å². The molecule has 0 aliphatic heterocycles. The molecule has 0 amide bonds. The van der Waals surface area contributed by atoms with E-state index in [1.165, 1.54) is 5.39 Å². The van der Waals surface area contributed by atoms with E-state index in [-0.39, 0.29) is 0 Å². The van der Waals surface area contributed by atoms with E-state index in [9.17, 15) is 0 Å². The summed E-state index contributed by atoms with van der Waals surface area (Å²) in [5.41, 5.74) is 8.68. The van der Waals surface area contributed by atoms with Crippen LogP contribution in [0.4, 0.5) is 5.69 Å². The van der Waals surface area contributed by atoms with Gasteiger partial charge in [0.25, 0.3) is 0 Å². The van der Waals surface area contributed by atoms with E-state index in [1.807, 2.05) is 19.1 Å². The molecule has 1 aromatic heterocycles. The van der Waals surface area contributed by atoms with Crippen LogP contribution in [0, 0.1) is 6.92 Å². The highest BCUT2D eigenvalue weighted by atomic mass is 14.9. The minimum atomic E-state index is 0.724. The zero-order valence-electron chi connectivity index (χ0n) is 9.53. The van der Waals surface area contributed by atoms with Crippen molar-refractivity contribution < 1.29 is 0 Å². The highest BCUT2D eigenvalue weighted by molar-refractivity contribution is 5.82. The number of pyridine rings is 1. The smallest absolute Gasteiger partial charge is 0.0706 e. The molecule has 0 saturated heterocycles. The first-order chi connectivity index (χ1) is 7.79. The molecule has 2 aromatic rings. The van der Waals surface area contributed by atoms with Crippen LogP contribution < -0.4 is 11.1 Å². The maximum Gasteiger partial charge on any atom is 0.0706 e. The summed E-state index contributed by atoms with van der Waals surface area (Å²) in [5, 5.41) is 4.51. The van der Waals surface area contributed by atoms with Gasteiger partial charge in [-0.2, -0.15) is 0 Å². The average Bonchev–Trinajstić information content (AvgIpc) is 2.29. The fraction of sp³-hybridized carbons (Fsp3) is 0.308. The van der Waals surface area contributed by atoms with Gasteiger partial charge in [0.15, 0.2) is 0 Å². The minimum Gasteiger partial charge on any atom is -0.385 e. The minimum absolute atomic E-state index is 0.724. The number of nitrogens with two attached hydrogens (primary N) is 1. The monoisotopic (exact) mass is 215 g/mol. The highest BCUT2D eigenvalue weighted by Crippen LogP contribution is 2.17. The molecule has 16 heavy (non-hydrogen) atoms. The molecule has 0 bridgehead atoms. The van der Waals surface area contributed by atoms with E-state index in [0.717, 1.165) is 36.4 Å². The van der Waals surface area contributed by atoms with Crippen molar-refractivity contribution in [3.8, 4) is 0 Å². The SMILES string of the molecule is Cc1ccc2cc(NCCCN)ccc2n1. The van der Waals surface area contributed by atoms with E-state index >= 15 is 0 Å². The van der Waals surface area contributed by atoms with Gasteiger partial charge in [-0.3, -0.25) is 4.98 Å². The number of nitrogens with zero attached hydrogens (tertiary/aromatic N) is 1. The largest absolute Gasteiger partial charge is 0.385 e. The lowest BCUT2D eigenvalue weighted by Gasteiger charge is -2.06. The zero-order chi connectivity index (χ0) is 11.4. The Bertz CT molecular complexity index is 480. The van der Waals surface area contributed by atoms with Gasteiger partial charge < -0.3 is 11.1 Å². The number of benzene rings is 1. The van der Waals surface area contributed by atoms with Gasteiger partial charge in [-0.1, -0.05) is 6.07 Å². The van der Waals surface area contributed by atoms with Crippen LogP contribution in [0.2, 0.25) is 0 Å². The number of nitrogens with one attached hydrogen (secondary N) is 1. The summed E-state index contributed by atoms with van der Waals surface area (Å²) in [6.07, 6.45) is 0.990. The summed E-state index contributed by atoms with van der Waals surface area (Å²) in [6, 6.07) is 10.4. The van der Waals surface area contributed by atoms with Gasteiger partial charge in [0.2, 0.25) is 0 Å². The number of aromatic nitrogens is 1. The number of aryl methyl sites for hydroxylation is 1. The predicted molar refractivity (Wildman–Crippen MR) is 68.6 cm³/mol. The van der Waals surface area contributed by atoms with Crippen molar-refractivity contribution in [1.29, 1.82) is 0 Å². The van der Waals surface area contributed by atoms with Crippen molar-refractivity contribution >= 4 is 16.6 Å². The Balaban J connectivity index is 2.20. The van der Waals surface area contributed by atoms with Gasteiger partial charge in [0, 0.05) is 23.3 Å². The molecular formula is C13H17N3. The fourth-order valence-corrected chi connectivity index (χ4v) is 1.67. The average molecular weight is 215 g/mol. The lowest BCUT2D eigenvalue weighted by atomic mass is 10.2. The number of fused-ring (bicyclic) bond motifs is 1. The number of hydrogen-bond acceptors (Lipinski definition) is 3. The van der Waals surface area contributed by atoms with Crippen LogP contribution >= 0.6 is 0 Å². The maximum absolute atomic E-state index is 5.45. The summed E-state index contributed by atoms with van der Waals surface area (Å²) >= 11 is 0. The van der Waals surface area contributed by atoms with Gasteiger partial charge in [-0.05, 0) is 44.2 Å². The molecule has 0 aliphatic rings. The Hall–Kier alpha value is -1.61. The van der Waals surface area contributed by atoms with Crippen molar-refractivity contribution in [2.75, 3.05) is 18.4 Å². The molecule has 2 rings (SSSR count). The second kappa shape index (κ2) is 4.94. The van der Waals surface area contributed by atoms with Gasteiger partial charge >= 0.3 is 0 Å². The van der Waals surface area contributed by atoms with E-state index in [2.05, 4.69) is 28.5 Å². The number of hydrogen-bond donors (Lipinski definition) is 2. The second-order valence-corrected chi connectivity index (χ2v) is 3.93. The fourth-order valence-electron chi connectivity index (χ4n) is 1.67. The van der Waals surface area contributed by atoms with Crippen molar-refractivity contribution in [3.05, 3.63) is 36.0 Å². The Labute approximate surface area is 95.7 Å². The molecular weight excluding hydrogens is 198 g/mol. The standard InChI is InChI=1S/C13H17N3/c1-10-3-4-11-9-12(15-8-2-7-14)5-6-13(11)16-10/h3-6,9,15H,2,7-8,14H2,1H3. The molecule has 0 saturated carbocycles. The van der Waals surface area contributed by atoms with E-state index < -0.39 is 0 Å². The van der Waals surface area contributed by atoms with Crippen LogP contribution in [-0.4, -0.2) is 18.1 Å². The first-order valence-electron chi connectivity index (χ1n) is 5.61. The normalized spacial score (nSPS) is 10.6. The van der Waals surface area contributed by atoms with Crippen LogP contribution in [0.1, 0.15) is 12.1 Å². The van der Waals surface area contributed by atoms with Gasteiger partial charge in [0.05, 0.1) is 5.52 Å². The Morgan fingerprint density at radius 1 is 1.25 bits per heavy atom. The van der Waals surface area contributed by atoms with E-state index in [0.29, 0.717) is 0 Å². The lowest BCUT2D eigenvalue weighted by molar-refractivity contribution is 0.874. The molecule has 84 valence electrons. The maximum atomic E-state index is 5.45. The van der Waals surface area contributed by atoms with Gasteiger partial charge in [0.1, 0.15) is 0 Å². The number of rotatable bonds is 4. The summed E-state index contributed by atoms with van der Waals surface area (Å²) in [5.74, 6) is 0. The topological polar surface area (TPSA) is 50.9 Å². The molecule has 0 fully saturated rings. The number of anilines is 1. The van der Waals surface area contributed by atoms with Crippen molar-refractivity contribution in [2.45, 2.75) is 13.3 Å². The summed E-state index contributed by atoms with van der Waals surface area (Å²) in [6.45, 7) is 3.65. The van der Waals surface area contributed by atoms with Gasteiger partial charge in [-0.25, -0.2) is 0 Å². The van der Waals surface area contributed by atoms with Crippen LogP contribution in [0.3, 0.4) is 0 Å². The van der Waals surface area contributed by atoms with E-state index in [4.69, 9.17) is 5.73 Å². The lowest BCUT2D eigenvalue weighted by Crippen LogP contribution is -2.08. The third-order valence-corrected chi connectivity index (χ3v) is 2.54. The first-order valence-corrected chi connectivity index (χ1v) is 5.61.